The minimum absolute atomic E-state index is 0. The van der Waals surface area contributed by atoms with Crippen molar-refractivity contribution in [3.8, 4) is 0 Å². The molecule has 0 saturated heterocycles. The normalized spacial score (nSPS) is 9.45. The SMILES string of the molecule is [CH2-]C(C)=C(C)[C-](C)C.[CH3-].[CH3-].[Ni]. The van der Waals surface area contributed by atoms with Crippen LogP contribution in [-0.2, 0) is 16.5 Å². The van der Waals surface area contributed by atoms with E-state index in [1.807, 2.05) is 6.92 Å². The fourth-order valence-corrected chi connectivity index (χ4v) is 0.427. The maximum Gasteiger partial charge on any atom is 0 e. The van der Waals surface area contributed by atoms with Crippen molar-refractivity contribution in [2.75, 3.05) is 0 Å². The van der Waals surface area contributed by atoms with E-state index in [2.05, 4.69) is 27.7 Å². The largest absolute Gasteiger partial charge is 0.367 e. The molecule has 0 nitrogen and oxygen atoms in total. The molecule has 0 amide bonds. The molecule has 0 aromatic heterocycles. The summed E-state index contributed by atoms with van der Waals surface area (Å²) in [4.78, 5) is 0. The summed E-state index contributed by atoms with van der Waals surface area (Å²) in [5.74, 6) is 1.36. The van der Waals surface area contributed by atoms with Gasteiger partial charge in [0.2, 0.25) is 0 Å². The Kier molecular flexibility index (Phi) is 20.4. The summed E-state index contributed by atoms with van der Waals surface area (Å²) in [5.41, 5.74) is 2.50. The zero-order chi connectivity index (χ0) is 6.73. The van der Waals surface area contributed by atoms with Crippen molar-refractivity contribution < 1.29 is 16.5 Å². The molecular weight excluding hydrogens is 179 g/mol. The third-order valence-corrected chi connectivity index (χ3v) is 1.39. The van der Waals surface area contributed by atoms with Crippen LogP contribution in [0.15, 0.2) is 11.1 Å². The molecule has 0 bridgehead atoms. The van der Waals surface area contributed by atoms with Crippen molar-refractivity contribution in [1.29, 1.82) is 0 Å². The Morgan fingerprint density at radius 2 is 1.36 bits per heavy atom. The third-order valence-electron chi connectivity index (χ3n) is 1.39. The maximum atomic E-state index is 3.82. The van der Waals surface area contributed by atoms with Gasteiger partial charge in [0.15, 0.2) is 0 Å². The molecular formula is C10H20Ni-4. The second kappa shape index (κ2) is 9.97. The Morgan fingerprint density at radius 3 is 1.36 bits per heavy atom. The van der Waals surface area contributed by atoms with Crippen LogP contribution in [0.2, 0.25) is 0 Å². The first-order valence-electron chi connectivity index (χ1n) is 2.85. The first-order valence-corrected chi connectivity index (χ1v) is 2.85. The molecule has 0 aliphatic heterocycles. The molecule has 0 heterocycles. The standard InChI is InChI=1S/C8H14.2CH3.Ni/c1-6(2)8(5)7(3)4;;;/h1H2,2-5H3;2*1H3;/q-2;2*-1;. The fourth-order valence-electron chi connectivity index (χ4n) is 0.427. The van der Waals surface area contributed by atoms with Crippen molar-refractivity contribution in [1.82, 2.24) is 0 Å². The van der Waals surface area contributed by atoms with Crippen molar-refractivity contribution in [2.24, 2.45) is 0 Å². The van der Waals surface area contributed by atoms with Gasteiger partial charge in [-0.15, -0.1) is 27.7 Å². The molecule has 0 aromatic rings. The summed E-state index contributed by atoms with van der Waals surface area (Å²) in [7, 11) is 0. The minimum Gasteiger partial charge on any atom is -0.367 e. The molecule has 1 heteroatoms. The predicted octanol–water partition coefficient (Wildman–Crippen LogP) is 3.67. The molecule has 0 unspecified atom stereocenters. The number of allylic oxidation sites excluding steroid dienone is 2. The van der Waals surface area contributed by atoms with Gasteiger partial charge in [-0.05, 0) is 0 Å². The van der Waals surface area contributed by atoms with E-state index >= 15 is 0 Å². The summed E-state index contributed by atoms with van der Waals surface area (Å²) in [6, 6.07) is 0. The molecule has 11 heavy (non-hydrogen) atoms. The monoisotopic (exact) mass is 198 g/mol. The minimum atomic E-state index is 0. The van der Waals surface area contributed by atoms with E-state index in [1.54, 1.807) is 0 Å². The summed E-state index contributed by atoms with van der Waals surface area (Å²) in [6.45, 7) is 12.1. The number of hydrogen-bond acceptors (Lipinski definition) is 0. The molecule has 0 spiro atoms. The predicted molar refractivity (Wildman–Crippen MR) is 51.2 cm³/mol. The first-order chi connectivity index (χ1) is 3.55. The Labute approximate surface area is 83.4 Å². The van der Waals surface area contributed by atoms with Gasteiger partial charge < -0.3 is 38.8 Å². The summed E-state index contributed by atoms with van der Waals surface area (Å²) in [5, 5.41) is 0. The maximum absolute atomic E-state index is 3.82. The van der Waals surface area contributed by atoms with E-state index < -0.39 is 0 Å². The van der Waals surface area contributed by atoms with Gasteiger partial charge in [0.25, 0.3) is 0 Å². The smallest absolute Gasteiger partial charge is 0 e. The molecule has 0 fully saturated rings. The van der Waals surface area contributed by atoms with Crippen LogP contribution in [0, 0.1) is 27.7 Å². The van der Waals surface area contributed by atoms with Gasteiger partial charge in [-0.25, -0.2) is 0 Å². The molecule has 74 valence electrons. The average molecular weight is 199 g/mol. The Hall–Kier alpha value is -0.0265. The molecule has 0 aliphatic rings. The van der Waals surface area contributed by atoms with Crippen LogP contribution in [0.4, 0.5) is 0 Å². The zero-order valence-corrected chi connectivity index (χ0v) is 9.51. The Bertz CT molecular complexity index is 97.4. The topological polar surface area (TPSA) is 0 Å². The van der Waals surface area contributed by atoms with Crippen LogP contribution < -0.4 is 0 Å². The van der Waals surface area contributed by atoms with Gasteiger partial charge in [0, 0.05) is 16.5 Å². The van der Waals surface area contributed by atoms with Crippen molar-refractivity contribution in [2.45, 2.75) is 27.7 Å². The van der Waals surface area contributed by atoms with Crippen molar-refractivity contribution >= 4 is 0 Å². The van der Waals surface area contributed by atoms with Gasteiger partial charge in [-0.2, -0.15) is 0 Å². The van der Waals surface area contributed by atoms with Crippen LogP contribution in [0.1, 0.15) is 27.7 Å². The molecule has 0 radical (unpaired) electrons. The van der Waals surface area contributed by atoms with Crippen molar-refractivity contribution in [3.05, 3.63) is 38.8 Å². The number of hydrogen-bond donors (Lipinski definition) is 0. The van der Waals surface area contributed by atoms with Crippen LogP contribution in [0.3, 0.4) is 0 Å². The van der Waals surface area contributed by atoms with E-state index in [0.29, 0.717) is 0 Å². The summed E-state index contributed by atoms with van der Waals surface area (Å²) < 4.78 is 0. The molecule has 0 saturated carbocycles. The second-order valence-electron chi connectivity index (χ2n) is 2.41. The molecule has 0 atom stereocenters. The van der Waals surface area contributed by atoms with E-state index in [4.69, 9.17) is 0 Å². The molecule has 0 rings (SSSR count). The second-order valence-corrected chi connectivity index (χ2v) is 2.41. The molecule has 0 N–H and O–H groups in total. The Morgan fingerprint density at radius 1 is 1.09 bits per heavy atom. The first kappa shape index (κ1) is 22.4. The van der Waals surface area contributed by atoms with E-state index in [9.17, 15) is 0 Å². The van der Waals surface area contributed by atoms with E-state index in [-0.39, 0.29) is 31.3 Å². The van der Waals surface area contributed by atoms with Crippen LogP contribution in [0.25, 0.3) is 0 Å². The zero-order valence-electron chi connectivity index (χ0n) is 8.52. The molecule has 0 aliphatic carbocycles. The van der Waals surface area contributed by atoms with Crippen LogP contribution in [0.5, 0.6) is 0 Å². The van der Waals surface area contributed by atoms with Gasteiger partial charge in [0.1, 0.15) is 0 Å². The van der Waals surface area contributed by atoms with Gasteiger partial charge >= 0.3 is 0 Å². The van der Waals surface area contributed by atoms with Gasteiger partial charge in [-0.1, -0.05) is 0 Å². The van der Waals surface area contributed by atoms with Gasteiger partial charge in [-0.3, -0.25) is 0 Å². The van der Waals surface area contributed by atoms with Crippen LogP contribution >= 0.6 is 0 Å². The molecule has 0 aromatic carbocycles. The number of rotatable bonds is 1. The van der Waals surface area contributed by atoms with E-state index in [1.165, 1.54) is 17.1 Å². The summed E-state index contributed by atoms with van der Waals surface area (Å²) >= 11 is 0. The summed E-state index contributed by atoms with van der Waals surface area (Å²) in [6.07, 6.45) is 0. The van der Waals surface area contributed by atoms with E-state index in [0.717, 1.165) is 0 Å². The quantitative estimate of drug-likeness (QED) is 0.446. The third kappa shape index (κ3) is 9.97. The average Bonchev–Trinajstić information content (AvgIpc) is 1.64. The van der Waals surface area contributed by atoms with Crippen molar-refractivity contribution in [3.63, 3.8) is 0 Å². The van der Waals surface area contributed by atoms with Gasteiger partial charge in [0.05, 0.1) is 0 Å². The fraction of sp³-hybridized carbons (Fsp3) is 0.400. The van der Waals surface area contributed by atoms with Crippen LogP contribution in [-0.4, -0.2) is 0 Å². The Balaban J connectivity index is -0.0000000817.